The number of rotatable bonds is 5. The number of hydrogen-bond donors (Lipinski definition) is 0. The molecule has 3 nitrogen and oxygen atoms in total. The monoisotopic (exact) mass is 329 g/mol. The maximum Gasteiger partial charge on any atom is 0.340 e. The minimum absolute atomic E-state index is 0.0716. The van der Waals surface area contributed by atoms with Crippen LogP contribution < -0.4 is 0 Å². The van der Waals surface area contributed by atoms with E-state index in [1.807, 2.05) is 19.9 Å². The molecular formula is C20H24FNO2. The van der Waals surface area contributed by atoms with Crippen molar-refractivity contribution in [1.29, 1.82) is 0 Å². The third-order valence-electron chi connectivity index (χ3n) is 3.84. The van der Waals surface area contributed by atoms with Gasteiger partial charge in [0.1, 0.15) is 5.82 Å². The van der Waals surface area contributed by atoms with Gasteiger partial charge in [-0.25, -0.2) is 9.18 Å². The molecule has 0 aliphatic heterocycles. The summed E-state index contributed by atoms with van der Waals surface area (Å²) in [5.74, 6) is -0.401. The SMILES string of the molecule is CCOC(=O)c1c(-c2ccc(F)cc2)cc(C(C)C)nc1C(C)C. The zero-order chi connectivity index (χ0) is 17.9. The van der Waals surface area contributed by atoms with Gasteiger partial charge in [0.25, 0.3) is 0 Å². The summed E-state index contributed by atoms with van der Waals surface area (Å²) in [5, 5.41) is 0. The lowest BCUT2D eigenvalue weighted by atomic mass is 9.92. The third-order valence-corrected chi connectivity index (χ3v) is 3.84. The van der Waals surface area contributed by atoms with Gasteiger partial charge in [-0.2, -0.15) is 0 Å². The van der Waals surface area contributed by atoms with Crippen molar-refractivity contribution in [2.45, 2.75) is 46.5 Å². The summed E-state index contributed by atoms with van der Waals surface area (Å²) in [4.78, 5) is 17.3. The van der Waals surface area contributed by atoms with Crippen LogP contribution in [0.2, 0.25) is 0 Å². The van der Waals surface area contributed by atoms with Gasteiger partial charge in [-0.15, -0.1) is 0 Å². The number of halogens is 1. The number of ether oxygens (including phenoxy) is 1. The topological polar surface area (TPSA) is 39.2 Å². The molecule has 0 N–H and O–H groups in total. The molecule has 1 aromatic heterocycles. The van der Waals surface area contributed by atoms with E-state index in [0.29, 0.717) is 12.2 Å². The van der Waals surface area contributed by atoms with E-state index in [1.54, 1.807) is 19.1 Å². The molecule has 0 radical (unpaired) electrons. The van der Waals surface area contributed by atoms with Crippen LogP contribution in [0.25, 0.3) is 11.1 Å². The summed E-state index contributed by atoms with van der Waals surface area (Å²) in [6.07, 6.45) is 0. The van der Waals surface area contributed by atoms with Gasteiger partial charge in [0.05, 0.1) is 17.9 Å². The first-order valence-electron chi connectivity index (χ1n) is 8.33. The Balaban J connectivity index is 2.76. The van der Waals surface area contributed by atoms with Crippen LogP contribution in [0.3, 0.4) is 0 Å². The van der Waals surface area contributed by atoms with Crippen molar-refractivity contribution in [3.63, 3.8) is 0 Å². The van der Waals surface area contributed by atoms with Crippen LogP contribution >= 0.6 is 0 Å². The number of carbonyl (C=O) groups is 1. The van der Waals surface area contributed by atoms with Gasteiger partial charge in [0.15, 0.2) is 0 Å². The molecule has 0 aliphatic rings. The van der Waals surface area contributed by atoms with Crippen LogP contribution in [0.15, 0.2) is 30.3 Å². The first-order valence-corrected chi connectivity index (χ1v) is 8.33. The summed E-state index contributed by atoms with van der Waals surface area (Å²) in [6.45, 7) is 10.2. The molecule has 0 aliphatic carbocycles. The van der Waals surface area contributed by atoms with Gasteiger partial charge in [-0.05, 0) is 48.1 Å². The normalized spacial score (nSPS) is 11.2. The molecule has 4 heteroatoms. The zero-order valence-electron chi connectivity index (χ0n) is 14.9. The van der Waals surface area contributed by atoms with E-state index in [4.69, 9.17) is 9.72 Å². The minimum Gasteiger partial charge on any atom is -0.462 e. The highest BCUT2D eigenvalue weighted by Gasteiger charge is 2.24. The summed E-state index contributed by atoms with van der Waals surface area (Å²) in [7, 11) is 0. The summed E-state index contributed by atoms with van der Waals surface area (Å²) >= 11 is 0. The first-order chi connectivity index (χ1) is 11.3. The number of pyridine rings is 1. The van der Waals surface area contributed by atoms with Crippen LogP contribution in [0, 0.1) is 5.82 Å². The molecule has 1 heterocycles. The Bertz CT molecular complexity index is 721. The highest BCUT2D eigenvalue weighted by molar-refractivity contribution is 5.98. The second-order valence-corrected chi connectivity index (χ2v) is 6.39. The molecule has 2 rings (SSSR count). The van der Waals surface area contributed by atoms with Crippen molar-refractivity contribution < 1.29 is 13.9 Å². The summed E-state index contributed by atoms with van der Waals surface area (Å²) in [6, 6.07) is 8.07. The second-order valence-electron chi connectivity index (χ2n) is 6.39. The standard InChI is InChI=1S/C20H24FNO2/c1-6-24-20(23)18-16(14-7-9-15(21)10-8-14)11-17(12(2)3)22-19(18)13(4)5/h7-13H,6H2,1-5H3. The van der Waals surface area contributed by atoms with Gasteiger partial charge in [-0.3, -0.25) is 4.98 Å². The predicted molar refractivity (Wildman–Crippen MR) is 93.8 cm³/mol. The number of aromatic nitrogens is 1. The Hall–Kier alpha value is -2.23. The van der Waals surface area contributed by atoms with Gasteiger partial charge in [-0.1, -0.05) is 39.8 Å². The molecule has 0 saturated carbocycles. The molecule has 24 heavy (non-hydrogen) atoms. The number of carbonyl (C=O) groups excluding carboxylic acids is 1. The maximum atomic E-state index is 13.3. The lowest BCUT2D eigenvalue weighted by molar-refractivity contribution is 0.0525. The highest BCUT2D eigenvalue weighted by atomic mass is 19.1. The van der Waals surface area contributed by atoms with Crippen LogP contribution in [0.4, 0.5) is 4.39 Å². The number of benzene rings is 1. The predicted octanol–water partition coefficient (Wildman–Crippen LogP) is 5.31. The van der Waals surface area contributed by atoms with Gasteiger partial charge in [0.2, 0.25) is 0 Å². The van der Waals surface area contributed by atoms with Gasteiger partial charge >= 0.3 is 5.97 Å². The van der Waals surface area contributed by atoms with Crippen LogP contribution in [0.1, 0.15) is 68.2 Å². The molecule has 1 aromatic carbocycles. The molecule has 0 spiro atoms. The van der Waals surface area contributed by atoms with Crippen LogP contribution in [0.5, 0.6) is 0 Å². The Labute approximate surface area is 142 Å². The van der Waals surface area contributed by atoms with Crippen LogP contribution in [-0.4, -0.2) is 17.6 Å². The lowest BCUT2D eigenvalue weighted by Gasteiger charge is -2.19. The van der Waals surface area contributed by atoms with Crippen molar-refractivity contribution in [3.05, 3.63) is 53.1 Å². The Morgan fingerprint density at radius 1 is 1.12 bits per heavy atom. The van der Waals surface area contributed by atoms with E-state index < -0.39 is 0 Å². The molecule has 0 saturated heterocycles. The molecule has 0 bridgehead atoms. The van der Waals surface area contributed by atoms with E-state index in [0.717, 1.165) is 22.5 Å². The van der Waals surface area contributed by atoms with Crippen molar-refractivity contribution in [1.82, 2.24) is 4.98 Å². The molecular weight excluding hydrogens is 305 g/mol. The highest BCUT2D eigenvalue weighted by Crippen LogP contribution is 2.32. The fourth-order valence-electron chi connectivity index (χ4n) is 2.57. The quantitative estimate of drug-likeness (QED) is 0.698. The van der Waals surface area contributed by atoms with E-state index in [2.05, 4.69) is 13.8 Å². The van der Waals surface area contributed by atoms with E-state index in [9.17, 15) is 9.18 Å². The minimum atomic E-state index is -0.386. The average molecular weight is 329 g/mol. The van der Waals surface area contributed by atoms with Gasteiger partial charge < -0.3 is 4.74 Å². The van der Waals surface area contributed by atoms with Crippen molar-refractivity contribution in [3.8, 4) is 11.1 Å². The lowest BCUT2D eigenvalue weighted by Crippen LogP contribution is -2.14. The average Bonchev–Trinajstić information content (AvgIpc) is 2.54. The van der Waals surface area contributed by atoms with E-state index in [-0.39, 0.29) is 23.6 Å². The first kappa shape index (κ1) is 18.1. The molecule has 0 fully saturated rings. The molecule has 0 unspecified atom stereocenters. The third kappa shape index (κ3) is 3.81. The summed E-state index contributed by atoms with van der Waals surface area (Å²) in [5.41, 5.74) is 3.63. The Kier molecular flexibility index (Phi) is 5.71. The van der Waals surface area contributed by atoms with Gasteiger partial charge in [0, 0.05) is 5.69 Å². The summed E-state index contributed by atoms with van der Waals surface area (Å²) < 4.78 is 18.5. The molecule has 0 atom stereocenters. The van der Waals surface area contributed by atoms with Crippen molar-refractivity contribution >= 4 is 5.97 Å². The van der Waals surface area contributed by atoms with Crippen LogP contribution in [-0.2, 0) is 4.74 Å². The fourth-order valence-corrected chi connectivity index (χ4v) is 2.57. The zero-order valence-corrected chi connectivity index (χ0v) is 14.9. The second kappa shape index (κ2) is 7.56. The largest absolute Gasteiger partial charge is 0.462 e. The molecule has 2 aromatic rings. The molecule has 128 valence electrons. The fraction of sp³-hybridized carbons (Fsp3) is 0.400. The molecule has 0 amide bonds. The van der Waals surface area contributed by atoms with E-state index in [1.165, 1.54) is 12.1 Å². The number of esters is 1. The maximum absolute atomic E-state index is 13.3. The number of nitrogens with zero attached hydrogens (tertiary/aromatic N) is 1. The van der Waals surface area contributed by atoms with Crippen molar-refractivity contribution in [2.24, 2.45) is 0 Å². The Morgan fingerprint density at radius 2 is 1.75 bits per heavy atom. The van der Waals surface area contributed by atoms with E-state index >= 15 is 0 Å². The number of hydrogen-bond acceptors (Lipinski definition) is 3. The Morgan fingerprint density at radius 3 is 2.25 bits per heavy atom. The smallest absolute Gasteiger partial charge is 0.340 e. The van der Waals surface area contributed by atoms with Crippen molar-refractivity contribution in [2.75, 3.05) is 6.61 Å².